The molecule has 0 amide bonds. The molecule has 2 aliphatic carbocycles. The summed E-state index contributed by atoms with van der Waals surface area (Å²) in [6, 6.07) is 5.30. The highest BCUT2D eigenvalue weighted by molar-refractivity contribution is 6.32. The summed E-state index contributed by atoms with van der Waals surface area (Å²) in [7, 11) is 0. The number of hydrogen-bond acceptors (Lipinski definition) is 5. The van der Waals surface area contributed by atoms with E-state index in [1.807, 2.05) is 6.07 Å². The number of nitrogens with one attached hydrogen (secondary N) is 1. The van der Waals surface area contributed by atoms with Crippen LogP contribution in [0.4, 0.5) is 19.0 Å². The van der Waals surface area contributed by atoms with Crippen molar-refractivity contribution in [2.24, 2.45) is 17.8 Å². The Labute approximate surface area is 236 Å². The van der Waals surface area contributed by atoms with Gasteiger partial charge in [0.15, 0.2) is 0 Å². The number of alkyl halides is 3. The maximum Gasteiger partial charge on any atom is 0.417 e. The second kappa shape index (κ2) is 10.5. The lowest BCUT2D eigenvalue weighted by Gasteiger charge is -2.40. The van der Waals surface area contributed by atoms with Crippen LogP contribution in [0.1, 0.15) is 63.4 Å². The number of imidazole rings is 1. The van der Waals surface area contributed by atoms with Crippen molar-refractivity contribution in [3.8, 4) is 0 Å². The molecule has 3 heterocycles. The van der Waals surface area contributed by atoms with Gasteiger partial charge in [0.1, 0.15) is 23.6 Å². The van der Waals surface area contributed by atoms with Crippen LogP contribution in [0.5, 0.6) is 0 Å². The van der Waals surface area contributed by atoms with Gasteiger partial charge in [-0.25, -0.2) is 15.0 Å². The Bertz CT molecular complexity index is 1500. The van der Waals surface area contributed by atoms with E-state index in [0.717, 1.165) is 68.1 Å². The summed E-state index contributed by atoms with van der Waals surface area (Å²) in [4.78, 5) is 18.9. The van der Waals surface area contributed by atoms with Crippen LogP contribution in [-0.2, 0) is 12.6 Å². The lowest BCUT2D eigenvalue weighted by molar-refractivity contribution is -0.137. The molecule has 3 N–H and O–H groups in total. The third-order valence-electron chi connectivity index (χ3n) is 8.90. The number of benzene rings is 1. The van der Waals surface area contributed by atoms with Crippen molar-refractivity contribution < 1.29 is 13.2 Å². The molecule has 0 unspecified atom stereocenters. The van der Waals surface area contributed by atoms with E-state index in [4.69, 9.17) is 17.3 Å². The lowest BCUT2D eigenvalue weighted by Crippen LogP contribution is -2.42. The molecule has 40 heavy (non-hydrogen) atoms. The topological polar surface area (TPSA) is 88.7 Å². The Morgan fingerprint density at radius 2 is 1.88 bits per heavy atom. The van der Waals surface area contributed by atoms with Crippen molar-refractivity contribution in [2.75, 3.05) is 18.8 Å². The minimum atomic E-state index is -4.49. The van der Waals surface area contributed by atoms with Crippen molar-refractivity contribution in [3.63, 3.8) is 0 Å². The van der Waals surface area contributed by atoms with Gasteiger partial charge in [0, 0.05) is 37.8 Å². The number of nitrogens with zero attached hydrogens (tertiary/aromatic N) is 5. The minimum absolute atomic E-state index is 0.304. The average Bonchev–Trinajstić information content (AvgIpc) is 3.58. The van der Waals surface area contributed by atoms with Gasteiger partial charge < -0.3 is 20.2 Å². The van der Waals surface area contributed by atoms with Gasteiger partial charge in [-0.1, -0.05) is 11.6 Å². The standard InChI is InChI=1S/C29H35ClF3N7/c1-16(2)39(13-17-3-4-20(9-17)40-6-5-21-27(34)35-15-36-28(21)40)14-19-7-18(8-19)10-26-37-24-11-22(29(31,32)33)23(30)12-25(24)38-26/h5-6,11-12,15-20H,3-4,7-10,13-14H2,1-2H3,(H,37,38)(H2,34,35,36)/t17-,18?,19?,20+/m1/s1. The average molecular weight is 574 g/mol. The quantitative estimate of drug-likeness (QED) is 0.240. The van der Waals surface area contributed by atoms with Crippen LogP contribution >= 0.6 is 11.6 Å². The second-order valence-corrected chi connectivity index (χ2v) is 12.4. The lowest BCUT2D eigenvalue weighted by atomic mass is 9.72. The van der Waals surface area contributed by atoms with Crippen LogP contribution in [-0.4, -0.2) is 48.5 Å². The molecule has 2 saturated carbocycles. The van der Waals surface area contributed by atoms with Crippen LogP contribution in [0, 0.1) is 17.8 Å². The van der Waals surface area contributed by atoms with Gasteiger partial charge >= 0.3 is 6.18 Å². The number of nitrogens with two attached hydrogens (primary N) is 1. The van der Waals surface area contributed by atoms with E-state index in [0.29, 0.717) is 46.7 Å². The van der Waals surface area contributed by atoms with E-state index >= 15 is 0 Å². The molecular formula is C29H35ClF3N7. The SMILES string of the molecule is CC(C)N(CC1CC(Cc2nc3cc(C(F)(F)F)c(Cl)cc3[nH]2)C1)C[C@@H]1CC[C@H](n2ccc3c(N)ncnc32)C1. The largest absolute Gasteiger partial charge is 0.417 e. The Morgan fingerprint density at radius 1 is 1.10 bits per heavy atom. The highest BCUT2D eigenvalue weighted by Gasteiger charge is 2.36. The summed E-state index contributed by atoms with van der Waals surface area (Å²) >= 11 is 5.87. The van der Waals surface area contributed by atoms with E-state index in [1.54, 1.807) is 6.33 Å². The van der Waals surface area contributed by atoms with Crippen molar-refractivity contribution in [1.82, 2.24) is 29.4 Å². The summed E-state index contributed by atoms with van der Waals surface area (Å²) in [5.41, 5.74) is 6.98. The Hall–Kier alpha value is -2.85. The maximum absolute atomic E-state index is 13.2. The summed E-state index contributed by atoms with van der Waals surface area (Å²) < 4.78 is 41.9. The monoisotopic (exact) mass is 573 g/mol. The van der Waals surface area contributed by atoms with Crippen LogP contribution in [0.25, 0.3) is 22.1 Å². The molecule has 1 aromatic carbocycles. The highest BCUT2D eigenvalue weighted by Crippen LogP contribution is 2.41. The summed E-state index contributed by atoms with van der Waals surface area (Å²) in [5, 5.41) is 0.619. The van der Waals surface area contributed by atoms with Gasteiger partial charge in [-0.3, -0.25) is 0 Å². The zero-order valence-corrected chi connectivity index (χ0v) is 23.5. The van der Waals surface area contributed by atoms with Gasteiger partial charge in [0.2, 0.25) is 0 Å². The molecule has 2 aliphatic rings. The van der Waals surface area contributed by atoms with E-state index in [1.165, 1.54) is 12.5 Å². The molecule has 0 bridgehead atoms. The minimum Gasteiger partial charge on any atom is -0.383 e. The fourth-order valence-electron chi connectivity index (χ4n) is 6.77. The first-order valence-corrected chi connectivity index (χ1v) is 14.5. The van der Waals surface area contributed by atoms with Crippen LogP contribution in [0.2, 0.25) is 5.02 Å². The number of aromatic amines is 1. The third kappa shape index (κ3) is 5.40. The molecule has 214 valence electrons. The van der Waals surface area contributed by atoms with Gasteiger partial charge in [0.05, 0.1) is 27.0 Å². The Balaban J connectivity index is 1.02. The van der Waals surface area contributed by atoms with E-state index < -0.39 is 11.7 Å². The smallest absolute Gasteiger partial charge is 0.383 e. The van der Waals surface area contributed by atoms with Crippen molar-refractivity contribution in [3.05, 3.63) is 47.1 Å². The maximum atomic E-state index is 13.2. The number of fused-ring (bicyclic) bond motifs is 2. The van der Waals surface area contributed by atoms with E-state index in [2.05, 4.69) is 49.4 Å². The highest BCUT2D eigenvalue weighted by atomic mass is 35.5. The van der Waals surface area contributed by atoms with Crippen molar-refractivity contribution in [2.45, 2.75) is 70.6 Å². The second-order valence-electron chi connectivity index (χ2n) is 12.0. The van der Waals surface area contributed by atoms with Gasteiger partial charge in [-0.15, -0.1) is 0 Å². The van der Waals surface area contributed by atoms with Gasteiger partial charge in [0.25, 0.3) is 0 Å². The number of H-pyrrole nitrogens is 1. The molecule has 2 atom stereocenters. The predicted octanol–water partition coefficient (Wildman–Crippen LogP) is 6.88. The van der Waals surface area contributed by atoms with Gasteiger partial charge in [-0.05, 0) is 81.9 Å². The summed E-state index contributed by atoms with van der Waals surface area (Å²) in [6.07, 6.45) is 5.59. The molecule has 0 spiro atoms. The zero-order valence-electron chi connectivity index (χ0n) is 22.8. The first-order valence-electron chi connectivity index (χ1n) is 14.1. The van der Waals surface area contributed by atoms with Crippen molar-refractivity contribution >= 4 is 39.5 Å². The zero-order chi connectivity index (χ0) is 28.2. The molecular weight excluding hydrogens is 539 g/mol. The Kier molecular flexibility index (Phi) is 7.19. The van der Waals surface area contributed by atoms with Crippen LogP contribution < -0.4 is 5.73 Å². The predicted molar refractivity (Wildman–Crippen MR) is 151 cm³/mol. The molecule has 6 rings (SSSR count). The molecule has 7 nitrogen and oxygen atoms in total. The fourth-order valence-corrected chi connectivity index (χ4v) is 7.04. The summed E-state index contributed by atoms with van der Waals surface area (Å²) in [6.45, 7) is 6.72. The third-order valence-corrected chi connectivity index (χ3v) is 9.22. The van der Waals surface area contributed by atoms with E-state index in [9.17, 15) is 13.2 Å². The number of rotatable bonds is 8. The first-order chi connectivity index (χ1) is 19.0. The first kappa shape index (κ1) is 27.3. The molecule has 3 aromatic heterocycles. The number of aromatic nitrogens is 5. The number of hydrogen-bond donors (Lipinski definition) is 2. The molecule has 11 heteroatoms. The Morgan fingerprint density at radius 3 is 2.62 bits per heavy atom. The van der Waals surface area contributed by atoms with Crippen LogP contribution in [0.3, 0.4) is 0 Å². The van der Waals surface area contributed by atoms with E-state index in [-0.39, 0.29) is 5.02 Å². The number of anilines is 1. The number of nitrogen functional groups attached to an aromatic ring is 1. The normalized spacial score (nSPS) is 23.6. The van der Waals surface area contributed by atoms with Crippen molar-refractivity contribution in [1.29, 1.82) is 0 Å². The molecule has 4 aromatic rings. The van der Waals surface area contributed by atoms with Crippen LogP contribution in [0.15, 0.2) is 30.7 Å². The molecule has 0 radical (unpaired) electrons. The fraction of sp³-hybridized carbons (Fsp3) is 0.552. The molecule has 2 fully saturated rings. The molecule has 0 saturated heterocycles. The van der Waals surface area contributed by atoms with Gasteiger partial charge in [-0.2, -0.15) is 13.2 Å². The molecule has 0 aliphatic heterocycles. The number of halogens is 4. The summed E-state index contributed by atoms with van der Waals surface area (Å²) in [5.74, 6) is 3.03.